The molecule has 0 saturated carbocycles. The van der Waals surface area contributed by atoms with E-state index < -0.39 is 16.1 Å². The summed E-state index contributed by atoms with van der Waals surface area (Å²) in [4.78, 5) is 17.7. The van der Waals surface area contributed by atoms with Crippen LogP contribution in [0.15, 0.2) is 24.4 Å². The van der Waals surface area contributed by atoms with Gasteiger partial charge in [0.15, 0.2) is 5.13 Å². The number of aryl methyl sites for hydroxylation is 1. The fraction of sp³-hybridized carbons (Fsp3) is 0.444. The molecule has 1 aliphatic heterocycles. The molecule has 1 amide bonds. The minimum Gasteiger partial charge on any atom is -0.301 e. The highest BCUT2D eigenvalue weighted by molar-refractivity contribution is 7.88. The average Bonchev–Trinajstić information content (AvgIpc) is 3.04. The van der Waals surface area contributed by atoms with Gasteiger partial charge < -0.3 is 5.32 Å². The van der Waals surface area contributed by atoms with Gasteiger partial charge in [0.1, 0.15) is 11.9 Å². The summed E-state index contributed by atoms with van der Waals surface area (Å²) in [6.07, 6.45) is 5.36. The van der Waals surface area contributed by atoms with Gasteiger partial charge in [-0.25, -0.2) is 17.8 Å². The summed E-state index contributed by atoms with van der Waals surface area (Å²) in [5, 5.41) is 3.15. The topological polar surface area (TPSA) is 79.4 Å². The number of amides is 1. The average molecular weight is 412 g/mol. The molecule has 0 radical (unpaired) electrons. The van der Waals surface area contributed by atoms with Crippen LogP contribution in [0.2, 0.25) is 0 Å². The third-order valence-corrected chi connectivity index (χ3v) is 6.78. The first-order chi connectivity index (χ1) is 12.7. The van der Waals surface area contributed by atoms with Gasteiger partial charge in [-0.1, -0.05) is 18.6 Å². The van der Waals surface area contributed by atoms with Crippen LogP contribution in [-0.2, 0) is 21.2 Å². The van der Waals surface area contributed by atoms with Crippen molar-refractivity contribution in [1.29, 1.82) is 0 Å². The van der Waals surface area contributed by atoms with Crippen molar-refractivity contribution < 1.29 is 17.6 Å². The van der Waals surface area contributed by atoms with Crippen molar-refractivity contribution in [1.82, 2.24) is 9.29 Å². The molecule has 27 heavy (non-hydrogen) atoms. The lowest BCUT2D eigenvalue weighted by atomic mass is 10.0. The van der Waals surface area contributed by atoms with Crippen LogP contribution in [0.25, 0.3) is 0 Å². The summed E-state index contributed by atoms with van der Waals surface area (Å²) in [7, 11) is -3.44. The van der Waals surface area contributed by atoms with Crippen molar-refractivity contribution in [2.45, 2.75) is 38.6 Å². The zero-order valence-corrected chi connectivity index (χ0v) is 16.9. The van der Waals surface area contributed by atoms with Crippen LogP contribution >= 0.6 is 11.3 Å². The van der Waals surface area contributed by atoms with E-state index in [1.54, 1.807) is 19.2 Å². The van der Waals surface area contributed by atoms with Crippen molar-refractivity contribution in [2.75, 3.05) is 18.1 Å². The number of hydrogen-bond acceptors (Lipinski definition) is 5. The first-order valence-electron chi connectivity index (χ1n) is 8.71. The molecule has 2 aromatic rings. The van der Waals surface area contributed by atoms with Crippen LogP contribution in [0.3, 0.4) is 0 Å². The number of anilines is 1. The van der Waals surface area contributed by atoms with Crippen molar-refractivity contribution in [3.05, 3.63) is 46.2 Å². The highest BCUT2D eigenvalue weighted by Crippen LogP contribution is 2.25. The Hall–Kier alpha value is -1.84. The van der Waals surface area contributed by atoms with Crippen molar-refractivity contribution in [3.8, 4) is 0 Å². The summed E-state index contributed by atoms with van der Waals surface area (Å²) in [5.41, 5.74) is 1.43. The number of aromatic nitrogens is 1. The van der Waals surface area contributed by atoms with Gasteiger partial charge >= 0.3 is 0 Å². The molecule has 6 nitrogen and oxygen atoms in total. The van der Waals surface area contributed by atoms with Crippen molar-refractivity contribution in [3.63, 3.8) is 0 Å². The van der Waals surface area contributed by atoms with Gasteiger partial charge in [0.2, 0.25) is 15.9 Å². The molecule has 1 N–H and O–H groups in total. The molecule has 1 fully saturated rings. The van der Waals surface area contributed by atoms with E-state index in [0.717, 1.165) is 29.5 Å². The summed E-state index contributed by atoms with van der Waals surface area (Å²) in [5.74, 6) is -0.605. The predicted octanol–water partition coefficient (Wildman–Crippen LogP) is 2.93. The first kappa shape index (κ1) is 19.9. The lowest BCUT2D eigenvalue weighted by molar-refractivity contribution is -0.120. The smallest absolute Gasteiger partial charge is 0.244 e. The highest BCUT2D eigenvalue weighted by atomic mass is 32.2. The molecule has 1 unspecified atom stereocenters. The number of sulfonamides is 1. The zero-order valence-electron chi connectivity index (χ0n) is 15.2. The molecule has 1 aliphatic rings. The molecule has 1 atom stereocenters. The molecular formula is C18H22FN3O3S2. The molecule has 1 aromatic heterocycles. The molecule has 3 rings (SSSR count). The standard InChI is InChI=1S/C18H22FN3O3S2/c1-12-6-7-13(10-15(12)19)9-14-11-20-18(26-14)21-17(23)16-5-3-4-8-22(16)27(2,24)25/h6-7,10-11,16H,3-5,8-9H2,1-2H3,(H,20,21,23). The third-order valence-electron chi connectivity index (χ3n) is 4.58. The van der Waals surface area contributed by atoms with Gasteiger partial charge in [-0.15, -0.1) is 11.3 Å². The molecule has 0 spiro atoms. The highest BCUT2D eigenvalue weighted by Gasteiger charge is 2.34. The number of rotatable bonds is 5. The van der Waals surface area contributed by atoms with Crippen molar-refractivity contribution in [2.24, 2.45) is 0 Å². The molecule has 146 valence electrons. The van der Waals surface area contributed by atoms with E-state index in [-0.39, 0.29) is 11.7 Å². The van der Waals surface area contributed by atoms with Crippen LogP contribution in [0.4, 0.5) is 9.52 Å². The van der Waals surface area contributed by atoms with Gasteiger partial charge in [-0.2, -0.15) is 4.31 Å². The second-order valence-electron chi connectivity index (χ2n) is 6.77. The molecule has 1 saturated heterocycles. The number of carbonyl (C=O) groups excluding carboxylic acids is 1. The minimum absolute atomic E-state index is 0.247. The van der Waals surface area contributed by atoms with E-state index in [1.165, 1.54) is 21.7 Å². The number of nitrogens with zero attached hydrogens (tertiary/aromatic N) is 2. The third kappa shape index (κ3) is 4.91. The Morgan fingerprint density at radius 1 is 1.41 bits per heavy atom. The Morgan fingerprint density at radius 2 is 2.19 bits per heavy atom. The van der Waals surface area contributed by atoms with E-state index in [2.05, 4.69) is 10.3 Å². The van der Waals surface area contributed by atoms with Crippen molar-refractivity contribution >= 4 is 32.4 Å². The number of halogens is 1. The molecule has 1 aromatic carbocycles. The zero-order chi connectivity index (χ0) is 19.6. The number of benzene rings is 1. The fourth-order valence-electron chi connectivity index (χ4n) is 3.15. The molecule has 0 aliphatic carbocycles. The van der Waals surface area contributed by atoms with E-state index in [9.17, 15) is 17.6 Å². The van der Waals surface area contributed by atoms with Crippen LogP contribution in [0.1, 0.15) is 35.3 Å². The molecule has 9 heteroatoms. The lowest BCUT2D eigenvalue weighted by Crippen LogP contribution is -2.49. The Balaban J connectivity index is 1.67. The van der Waals surface area contributed by atoms with Crippen LogP contribution in [0.5, 0.6) is 0 Å². The van der Waals surface area contributed by atoms with E-state index in [0.29, 0.717) is 30.1 Å². The summed E-state index contributed by atoms with van der Waals surface area (Å²) >= 11 is 1.31. The number of carbonyl (C=O) groups is 1. The Bertz CT molecular complexity index is 943. The van der Waals surface area contributed by atoms with Crippen LogP contribution in [0, 0.1) is 12.7 Å². The predicted molar refractivity (Wildman–Crippen MR) is 104 cm³/mol. The van der Waals surface area contributed by atoms with Gasteiger partial charge in [0, 0.05) is 24.0 Å². The maximum Gasteiger partial charge on any atom is 0.244 e. The maximum absolute atomic E-state index is 13.7. The summed E-state index contributed by atoms with van der Waals surface area (Å²) in [6.45, 7) is 2.07. The van der Waals surface area contributed by atoms with Crippen LogP contribution < -0.4 is 5.32 Å². The summed E-state index contributed by atoms with van der Waals surface area (Å²) in [6, 6.07) is 4.39. The van der Waals surface area contributed by atoms with Gasteiger partial charge in [-0.3, -0.25) is 4.79 Å². The monoisotopic (exact) mass is 411 g/mol. The van der Waals surface area contributed by atoms with Gasteiger partial charge in [-0.05, 0) is 37.0 Å². The number of piperidine rings is 1. The summed E-state index contributed by atoms with van der Waals surface area (Å²) < 4.78 is 38.8. The number of thiazole rings is 1. The van der Waals surface area contributed by atoms with E-state index >= 15 is 0 Å². The molecule has 0 bridgehead atoms. The largest absolute Gasteiger partial charge is 0.301 e. The second-order valence-corrected chi connectivity index (χ2v) is 9.82. The Labute approximate surface area is 162 Å². The maximum atomic E-state index is 13.7. The Kier molecular flexibility index (Phi) is 5.92. The Morgan fingerprint density at radius 3 is 2.89 bits per heavy atom. The fourth-order valence-corrected chi connectivity index (χ4v) is 5.12. The van der Waals surface area contributed by atoms with Gasteiger partial charge in [0.25, 0.3) is 0 Å². The normalized spacial score (nSPS) is 18.4. The molecule has 2 heterocycles. The molecular weight excluding hydrogens is 389 g/mol. The second kappa shape index (κ2) is 8.04. The number of hydrogen-bond donors (Lipinski definition) is 1. The first-order valence-corrected chi connectivity index (χ1v) is 11.4. The quantitative estimate of drug-likeness (QED) is 0.820. The number of nitrogens with one attached hydrogen (secondary N) is 1. The lowest BCUT2D eigenvalue weighted by Gasteiger charge is -2.32. The van der Waals surface area contributed by atoms with E-state index in [4.69, 9.17) is 0 Å². The van der Waals surface area contributed by atoms with Crippen LogP contribution in [-0.4, -0.2) is 42.5 Å². The SMILES string of the molecule is Cc1ccc(Cc2cnc(NC(=O)C3CCCCN3S(C)(=O)=O)s2)cc1F. The van der Waals surface area contributed by atoms with Gasteiger partial charge in [0.05, 0.1) is 6.26 Å². The minimum atomic E-state index is -3.44. The van der Waals surface area contributed by atoms with E-state index in [1.807, 2.05) is 6.07 Å².